The Morgan fingerprint density at radius 3 is 2.62 bits per heavy atom. The van der Waals surface area contributed by atoms with Gasteiger partial charge in [-0.25, -0.2) is 0 Å². The monoisotopic (exact) mass is 348 g/mol. The van der Waals surface area contributed by atoms with Crippen molar-refractivity contribution in [2.24, 2.45) is 7.05 Å². The summed E-state index contributed by atoms with van der Waals surface area (Å²) < 4.78 is 1.81. The lowest BCUT2D eigenvalue weighted by atomic mass is 10.00. The van der Waals surface area contributed by atoms with Crippen LogP contribution in [0.15, 0.2) is 48.2 Å². The molecule has 0 atom stereocenters. The number of hydrogen-bond acceptors (Lipinski definition) is 3. The molecule has 0 spiro atoms. The highest BCUT2D eigenvalue weighted by molar-refractivity contribution is 5.94. The maximum atomic E-state index is 12.6. The Labute approximate surface area is 154 Å². The Hall–Kier alpha value is -2.82. The predicted molar refractivity (Wildman–Crippen MR) is 102 cm³/mol. The van der Waals surface area contributed by atoms with Crippen LogP contribution in [-0.2, 0) is 26.4 Å². The Morgan fingerprint density at radius 2 is 1.96 bits per heavy atom. The molecule has 5 nitrogen and oxygen atoms in total. The minimum absolute atomic E-state index is 0.0302. The van der Waals surface area contributed by atoms with E-state index < -0.39 is 0 Å². The number of rotatable bonds is 4. The van der Waals surface area contributed by atoms with Crippen molar-refractivity contribution in [1.82, 2.24) is 20.0 Å². The van der Waals surface area contributed by atoms with E-state index in [1.165, 1.54) is 16.8 Å². The van der Waals surface area contributed by atoms with E-state index in [9.17, 15) is 4.79 Å². The Morgan fingerprint density at radius 1 is 1.19 bits per heavy atom. The van der Waals surface area contributed by atoms with Crippen molar-refractivity contribution < 1.29 is 4.79 Å². The van der Waals surface area contributed by atoms with Gasteiger partial charge in [0.25, 0.3) is 5.91 Å². The van der Waals surface area contributed by atoms with Crippen molar-refractivity contribution in [3.63, 3.8) is 0 Å². The van der Waals surface area contributed by atoms with Crippen molar-refractivity contribution in [3.05, 3.63) is 76.3 Å². The molecule has 0 fully saturated rings. The average molecular weight is 348 g/mol. The number of allylic oxidation sites excluding steroid dienone is 3. The summed E-state index contributed by atoms with van der Waals surface area (Å²) in [7, 11) is 1.90. The highest BCUT2D eigenvalue weighted by Crippen LogP contribution is 2.22. The molecule has 1 N–H and O–H groups in total. The summed E-state index contributed by atoms with van der Waals surface area (Å²) in [5.41, 5.74) is 6.67. The van der Waals surface area contributed by atoms with Gasteiger partial charge in [-0.2, -0.15) is 5.10 Å². The van der Waals surface area contributed by atoms with Gasteiger partial charge < -0.3 is 10.2 Å². The number of nitrogens with one attached hydrogen (secondary N) is 1. The standard InChI is InChI=1S/C21H24N4O/c1-15-12-20(24(2)23-15)14-22-21(26)18-7-6-16-8-10-25(19-4-3-5-19)11-9-17(16)13-18/h3-7,12-13H,8-11,14H2,1-2H3,(H,22,26). The first-order chi connectivity index (χ1) is 12.6. The zero-order chi connectivity index (χ0) is 18.1. The number of nitrogens with zero attached hydrogens (tertiary/aromatic N) is 3. The Balaban J connectivity index is 1.43. The highest BCUT2D eigenvalue weighted by Gasteiger charge is 2.18. The lowest BCUT2D eigenvalue weighted by molar-refractivity contribution is 0.0950. The van der Waals surface area contributed by atoms with Crippen LogP contribution in [0.1, 0.15) is 32.9 Å². The molecular weight excluding hydrogens is 324 g/mol. The highest BCUT2D eigenvalue weighted by atomic mass is 16.1. The second kappa shape index (κ2) is 6.83. The molecule has 1 aliphatic heterocycles. The fraction of sp³-hybridized carbons (Fsp3) is 0.333. The average Bonchev–Trinajstić information content (AvgIpc) is 2.78. The summed E-state index contributed by atoms with van der Waals surface area (Å²) in [6, 6.07) is 8.12. The molecule has 1 amide bonds. The second-order valence-corrected chi connectivity index (χ2v) is 7.00. The van der Waals surface area contributed by atoms with E-state index in [4.69, 9.17) is 0 Å². The van der Waals surface area contributed by atoms with E-state index in [2.05, 4.69) is 45.7 Å². The molecule has 26 heavy (non-hydrogen) atoms. The van der Waals surface area contributed by atoms with E-state index >= 15 is 0 Å². The van der Waals surface area contributed by atoms with Gasteiger partial charge in [-0.15, -0.1) is 0 Å². The van der Waals surface area contributed by atoms with Gasteiger partial charge in [-0.1, -0.05) is 12.1 Å². The zero-order valence-electron chi connectivity index (χ0n) is 15.3. The van der Waals surface area contributed by atoms with Crippen LogP contribution in [0, 0.1) is 6.92 Å². The molecule has 1 aromatic heterocycles. The molecule has 2 aliphatic rings. The first kappa shape index (κ1) is 16.6. The first-order valence-corrected chi connectivity index (χ1v) is 9.13. The van der Waals surface area contributed by atoms with Crippen molar-refractivity contribution in [3.8, 4) is 0 Å². The summed E-state index contributed by atoms with van der Waals surface area (Å²) in [6.07, 6.45) is 8.41. The van der Waals surface area contributed by atoms with Gasteiger partial charge in [-0.3, -0.25) is 9.48 Å². The normalized spacial score (nSPS) is 15.8. The van der Waals surface area contributed by atoms with Crippen LogP contribution >= 0.6 is 0 Å². The van der Waals surface area contributed by atoms with Gasteiger partial charge in [0.2, 0.25) is 0 Å². The number of aromatic nitrogens is 2. The molecule has 0 bridgehead atoms. The number of fused-ring (bicyclic) bond motifs is 1. The van der Waals surface area contributed by atoms with Crippen molar-refractivity contribution in [2.75, 3.05) is 13.1 Å². The molecule has 0 radical (unpaired) electrons. The van der Waals surface area contributed by atoms with E-state index in [1.807, 2.05) is 30.8 Å². The van der Waals surface area contributed by atoms with Crippen LogP contribution in [0.4, 0.5) is 0 Å². The van der Waals surface area contributed by atoms with E-state index in [-0.39, 0.29) is 5.91 Å². The maximum absolute atomic E-state index is 12.6. The first-order valence-electron chi connectivity index (χ1n) is 9.13. The van der Waals surface area contributed by atoms with Crippen molar-refractivity contribution >= 4 is 5.91 Å². The third-order valence-electron chi connectivity index (χ3n) is 5.20. The lowest BCUT2D eigenvalue weighted by Crippen LogP contribution is -2.26. The van der Waals surface area contributed by atoms with E-state index in [0.717, 1.165) is 42.9 Å². The summed E-state index contributed by atoms with van der Waals surface area (Å²) in [5, 5.41) is 7.32. The number of amides is 1. The van der Waals surface area contributed by atoms with Crippen LogP contribution in [-0.4, -0.2) is 33.7 Å². The van der Waals surface area contributed by atoms with Crippen LogP contribution in [0.2, 0.25) is 0 Å². The molecule has 134 valence electrons. The minimum atomic E-state index is -0.0302. The predicted octanol–water partition coefficient (Wildman–Crippen LogP) is 2.51. The van der Waals surface area contributed by atoms with Gasteiger partial charge in [0.1, 0.15) is 0 Å². The number of benzene rings is 1. The lowest BCUT2D eigenvalue weighted by Gasteiger charge is -2.26. The summed E-state index contributed by atoms with van der Waals surface area (Å²) >= 11 is 0. The fourth-order valence-corrected chi connectivity index (χ4v) is 3.62. The van der Waals surface area contributed by atoms with Gasteiger partial charge in [0, 0.05) is 31.4 Å². The fourth-order valence-electron chi connectivity index (χ4n) is 3.62. The summed E-state index contributed by atoms with van der Waals surface area (Å²) in [6.45, 7) is 4.48. The molecule has 1 aromatic carbocycles. The summed E-state index contributed by atoms with van der Waals surface area (Å²) in [4.78, 5) is 15.0. The molecule has 4 rings (SSSR count). The van der Waals surface area contributed by atoms with Crippen LogP contribution in [0.5, 0.6) is 0 Å². The van der Waals surface area contributed by atoms with Gasteiger partial charge in [-0.05, 0) is 61.2 Å². The smallest absolute Gasteiger partial charge is 0.251 e. The molecule has 1 aliphatic carbocycles. The van der Waals surface area contributed by atoms with Gasteiger partial charge >= 0.3 is 0 Å². The Bertz CT molecular complexity index is 907. The number of carbonyl (C=O) groups excluding carboxylic acids is 1. The maximum Gasteiger partial charge on any atom is 0.251 e. The topological polar surface area (TPSA) is 50.2 Å². The van der Waals surface area contributed by atoms with Gasteiger partial charge in [0.15, 0.2) is 0 Å². The third kappa shape index (κ3) is 3.29. The molecule has 2 aromatic rings. The largest absolute Gasteiger partial charge is 0.371 e. The van der Waals surface area contributed by atoms with Crippen LogP contribution in [0.25, 0.3) is 0 Å². The molecule has 2 heterocycles. The quantitative estimate of drug-likeness (QED) is 0.924. The van der Waals surface area contributed by atoms with Crippen LogP contribution in [0.3, 0.4) is 0 Å². The van der Waals surface area contributed by atoms with Crippen molar-refractivity contribution in [2.45, 2.75) is 26.3 Å². The summed E-state index contributed by atoms with van der Waals surface area (Å²) in [5.74, 6) is -0.0302. The number of aryl methyl sites for hydroxylation is 2. The second-order valence-electron chi connectivity index (χ2n) is 7.00. The molecule has 0 unspecified atom stereocenters. The molecule has 0 saturated heterocycles. The number of hydrogen-bond donors (Lipinski definition) is 1. The Kier molecular flexibility index (Phi) is 4.37. The van der Waals surface area contributed by atoms with Gasteiger partial charge in [0.05, 0.1) is 17.9 Å². The molecule has 5 heteroatoms. The SMILES string of the molecule is Cc1cc(CNC(=O)c2ccc3c(c2)CCN(C2=CC=C2)CC3)n(C)n1. The van der Waals surface area contributed by atoms with Crippen LogP contribution < -0.4 is 5.32 Å². The number of carbonyl (C=O) groups is 1. The zero-order valence-corrected chi connectivity index (χ0v) is 15.3. The van der Waals surface area contributed by atoms with E-state index in [0.29, 0.717) is 6.54 Å². The minimum Gasteiger partial charge on any atom is -0.371 e. The van der Waals surface area contributed by atoms with E-state index in [1.54, 1.807) is 0 Å². The molecular formula is C21H24N4O. The third-order valence-corrected chi connectivity index (χ3v) is 5.20. The molecule has 0 saturated carbocycles. The van der Waals surface area contributed by atoms with Crippen molar-refractivity contribution in [1.29, 1.82) is 0 Å².